The molecule has 1 saturated heterocycles. The van der Waals surface area contributed by atoms with E-state index >= 15 is 0 Å². The van der Waals surface area contributed by atoms with Crippen molar-refractivity contribution >= 4 is 0 Å². The van der Waals surface area contributed by atoms with Crippen molar-refractivity contribution in [1.82, 2.24) is 15.5 Å². The Labute approximate surface area is 129 Å². The van der Waals surface area contributed by atoms with Gasteiger partial charge >= 0.3 is 0 Å². The van der Waals surface area contributed by atoms with Gasteiger partial charge in [0.1, 0.15) is 5.82 Å². The number of hydrogen-bond acceptors (Lipinski definition) is 4. The van der Waals surface area contributed by atoms with E-state index in [1.54, 1.807) is 12.1 Å². The van der Waals surface area contributed by atoms with Crippen molar-refractivity contribution in [3.63, 3.8) is 0 Å². The molecule has 0 bridgehead atoms. The van der Waals surface area contributed by atoms with Gasteiger partial charge in [-0.25, -0.2) is 4.39 Å². The molecule has 2 fully saturated rings. The highest BCUT2D eigenvalue weighted by Gasteiger charge is 2.47. The van der Waals surface area contributed by atoms with Gasteiger partial charge in [0.2, 0.25) is 5.89 Å². The number of nitrogens with zero attached hydrogens (tertiary/aromatic N) is 2. The second-order valence-electron chi connectivity index (χ2n) is 6.45. The molecule has 1 aromatic heterocycles. The first-order valence-electron chi connectivity index (χ1n) is 8.07. The van der Waals surface area contributed by atoms with Crippen LogP contribution in [0.4, 0.5) is 4.39 Å². The van der Waals surface area contributed by atoms with E-state index in [4.69, 9.17) is 4.52 Å². The predicted octanol–water partition coefficient (Wildman–Crippen LogP) is 2.90. The van der Waals surface area contributed by atoms with Crippen molar-refractivity contribution in [2.75, 3.05) is 13.1 Å². The molecule has 22 heavy (non-hydrogen) atoms. The van der Waals surface area contributed by atoms with Gasteiger partial charge in [0.25, 0.3) is 0 Å². The molecule has 5 heteroatoms. The summed E-state index contributed by atoms with van der Waals surface area (Å²) in [6.07, 6.45) is 4.30. The molecule has 1 N–H and O–H groups in total. The predicted molar refractivity (Wildman–Crippen MR) is 79.9 cm³/mol. The quantitative estimate of drug-likeness (QED) is 0.943. The van der Waals surface area contributed by atoms with E-state index < -0.39 is 0 Å². The fourth-order valence-corrected chi connectivity index (χ4v) is 3.57. The van der Waals surface area contributed by atoms with Crippen LogP contribution in [0.5, 0.6) is 0 Å². The normalized spacial score (nSPS) is 25.3. The van der Waals surface area contributed by atoms with Crippen LogP contribution in [0.1, 0.15) is 42.5 Å². The lowest BCUT2D eigenvalue weighted by Crippen LogP contribution is -2.28. The highest BCUT2D eigenvalue weighted by Crippen LogP contribution is 2.53. The summed E-state index contributed by atoms with van der Waals surface area (Å²) in [4.78, 5) is 4.55. The van der Waals surface area contributed by atoms with E-state index in [-0.39, 0.29) is 5.82 Å². The van der Waals surface area contributed by atoms with E-state index in [1.165, 1.54) is 31.4 Å². The monoisotopic (exact) mass is 301 g/mol. The fraction of sp³-hybridized carbons (Fsp3) is 0.529. The summed E-state index contributed by atoms with van der Waals surface area (Å²) in [5.41, 5.74) is 0.999. The van der Waals surface area contributed by atoms with Crippen LogP contribution in [0.2, 0.25) is 0 Å². The van der Waals surface area contributed by atoms with Crippen LogP contribution >= 0.6 is 0 Å². The molecule has 0 amide bonds. The van der Waals surface area contributed by atoms with Gasteiger partial charge in [-0.2, -0.15) is 4.98 Å². The first kappa shape index (κ1) is 13.9. The summed E-state index contributed by atoms with van der Waals surface area (Å²) in [7, 11) is 0. The zero-order chi connectivity index (χ0) is 14.9. The Balaban J connectivity index is 1.39. The second-order valence-corrected chi connectivity index (χ2v) is 6.45. The van der Waals surface area contributed by atoms with E-state index in [0.717, 1.165) is 36.4 Å². The number of benzene rings is 1. The molecule has 4 nitrogen and oxygen atoms in total. The molecular weight excluding hydrogens is 281 g/mol. The average molecular weight is 301 g/mol. The molecule has 1 aliphatic heterocycles. The third-order valence-electron chi connectivity index (χ3n) is 4.91. The maximum absolute atomic E-state index is 12.9. The van der Waals surface area contributed by atoms with Gasteiger partial charge in [-0.05, 0) is 61.9 Å². The van der Waals surface area contributed by atoms with E-state index in [1.807, 2.05) is 0 Å². The number of rotatable bonds is 4. The lowest BCUT2D eigenvalue weighted by atomic mass is 9.92. The van der Waals surface area contributed by atoms with Crippen molar-refractivity contribution in [2.24, 2.45) is 11.8 Å². The van der Waals surface area contributed by atoms with E-state index in [0.29, 0.717) is 18.2 Å². The van der Waals surface area contributed by atoms with Crippen molar-refractivity contribution in [1.29, 1.82) is 0 Å². The molecule has 1 aliphatic carbocycles. The third-order valence-corrected chi connectivity index (χ3v) is 4.91. The van der Waals surface area contributed by atoms with Gasteiger partial charge in [-0.3, -0.25) is 0 Å². The molecule has 4 rings (SSSR count). The van der Waals surface area contributed by atoms with Crippen LogP contribution in [-0.2, 0) is 6.42 Å². The first-order chi connectivity index (χ1) is 10.8. The van der Waals surface area contributed by atoms with Crippen molar-refractivity contribution in [3.05, 3.63) is 47.4 Å². The lowest BCUT2D eigenvalue weighted by molar-refractivity contribution is 0.316. The van der Waals surface area contributed by atoms with Crippen molar-refractivity contribution in [2.45, 2.75) is 31.6 Å². The summed E-state index contributed by atoms with van der Waals surface area (Å²) >= 11 is 0. The summed E-state index contributed by atoms with van der Waals surface area (Å²) in [6, 6.07) is 6.45. The topological polar surface area (TPSA) is 51.0 Å². The molecule has 2 atom stereocenters. The van der Waals surface area contributed by atoms with Crippen LogP contribution in [-0.4, -0.2) is 23.2 Å². The summed E-state index contributed by atoms with van der Waals surface area (Å²) in [5.74, 6) is 3.25. The second kappa shape index (κ2) is 5.80. The largest absolute Gasteiger partial charge is 0.339 e. The standard InChI is InChI=1S/C17H20FN3O/c18-13-3-1-11(2-4-13)9-16-20-17(22-21-16)15-10-14(15)12-5-7-19-8-6-12/h1-4,12,14-15,19H,5-10H2/t14-,15+/m0/s1. The van der Waals surface area contributed by atoms with Crippen LogP contribution in [0.25, 0.3) is 0 Å². The van der Waals surface area contributed by atoms with Gasteiger partial charge in [0, 0.05) is 12.3 Å². The molecule has 2 aliphatic rings. The van der Waals surface area contributed by atoms with E-state index in [2.05, 4.69) is 15.5 Å². The van der Waals surface area contributed by atoms with Gasteiger partial charge in [0.15, 0.2) is 5.82 Å². The highest BCUT2D eigenvalue weighted by atomic mass is 19.1. The molecule has 116 valence electrons. The Morgan fingerprint density at radius 3 is 2.73 bits per heavy atom. The fourth-order valence-electron chi connectivity index (χ4n) is 3.57. The van der Waals surface area contributed by atoms with Crippen LogP contribution in [0.3, 0.4) is 0 Å². The maximum atomic E-state index is 12.9. The van der Waals surface area contributed by atoms with Gasteiger partial charge in [-0.1, -0.05) is 17.3 Å². The van der Waals surface area contributed by atoms with Crippen molar-refractivity contribution in [3.8, 4) is 0 Å². The summed E-state index contributed by atoms with van der Waals surface area (Å²) in [5, 5.41) is 7.49. The van der Waals surface area contributed by atoms with Gasteiger partial charge < -0.3 is 9.84 Å². The number of hydrogen-bond donors (Lipinski definition) is 1. The molecule has 0 spiro atoms. The molecule has 0 radical (unpaired) electrons. The molecule has 2 heterocycles. The SMILES string of the molecule is Fc1ccc(Cc2noc([C@@H]3C[C@H]3C3CCNCC3)n2)cc1. The van der Waals surface area contributed by atoms with Gasteiger partial charge in [0.05, 0.1) is 0 Å². The highest BCUT2D eigenvalue weighted by molar-refractivity contribution is 5.20. The Morgan fingerprint density at radius 1 is 1.18 bits per heavy atom. The van der Waals surface area contributed by atoms with Crippen LogP contribution < -0.4 is 5.32 Å². The molecule has 2 aromatic rings. The number of aromatic nitrogens is 2. The molecule has 1 aromatic carbocycles. The van der Waals surface area contributed by atoms with Crippen LogP contribution in [0, 0.1) is 17.7 Å². The third kappa shape index (κ3) is 2.90. The molecule has 1 saturated carbocycles. The Hall–Kier alpha value is -1.75. The minimum atomic E-state index is -0.222. The number of piperidine rings is 1. The van der Waals surface area contributed by atoms with Crippen LogP contribution in [0.15, 0.2) is 28.8 Å². The average Bonchev–Trinajstić information content (AvgIpc) is 3.23. The minimum absolute atomic E-state index is 0.222. The number of nitrogens with one attached hydrogen (secondary N) is 1. The summed E-state index contributed by atoms with van der Waals surface area (Å²) < 4.78 is 18.4. The maximum Gasteiger partial charge on any atom is 0.230 e. The smallest absolute Gasteiger partial charge is 0.230 e. The summed E-state index contributed by atoms with van der Waals surface area (Å²) in [6.45, 7) is 2.26. The lowest BCUT2D eigenvalue weighted by Gasteiger charge is -2.22. The zero-order valence-corrected chi connectivity index (χ0v) is 12.5. The Bertz CT molecular complexity index is 634. The van der Waals surface area contributed by atoms with Crippen molar-refractivity contribution < 1.29 is 8.91 Å². The molecular formula is C17H20FN3O. The molecule has 0 unspecified atom stereocenters. The Kier molecular flexibility index (Phi) is 3.66. The Morgan fingerprint density at radius 2 is 1.95 bits per heavy atom. The first-order valence-corrected chi connectivity index (χ1v) is 8.07. The minimum Gasteiger partial charge on any atom is -0.339 e. The number of halogens is 1. The zero-order valence-electron chi connectivity index (χ0n) is 12.5. The van der Waals surface area contributed by atoms with Gasteiger partial charge in [-0.15, -0.1) is 0 Å². The van der Waals surface area contributed by atoms with E-state index in [9.17, 15) is 4.39 Å².